The van der Waals surface area contributed by atoms with E-state index in [0.717, 1.165) is 38.3 Å². The fourth-order valence-corrected chi connectivity index (χ4v) is 10.7. The van der Waals surface area contributed by atoms with Crippen LogP contribution in [0, 0.1) is 5.92 Å². The molecule has 3 aliphatic rings. The molecular formula is C56H71N9O22S. The highest BCUT2D eigenvalue weighted by Crippen LogP contribution is 2.33. The Morgan fingerprint density at radius 1 is 0.795 bits per heavy atom. The van der Waals surface area contributed by atoms with Crippen molar-refractivity contribution in [3.63, 3.8) is 0 Å². The van der Waals surface area contributed by atoms with Crippen molar-refractivity contribution < 1.29 is 106 Å². The zero-order valence-corrected chi connectivity index (χ0v) is 48.6. The van der Waals surface area contributed by atoms with Crippen LogP contribution in [-0.4, -0.2) is 209 Å². The predicted octanol–water partition coefficient (Wildman–Crippen LogP) is -2.87. The molecule has 0 spiro atoms. The minimum absolute atomic E-state index is 0.0229. The number of nitrogens with two attached hydrogens (primary N) is 1. The molecule has 8 amide bonds. The van der Waals surface area contributed by atoms with E-state index in [4.69, 9.17) is 15.0 Å². The van der Waals surface area contributed by atoms with Gasteiger partial charge in [-0.3, -0.25) is 42.9 Å². The van der Waals surface area contributed by atoms with Crippen molar-refractivity contribution in [1.29, 1.82) is 0 Å². The summed E-state index contributed by atoms with van der Waals surface area (Å²) in [6.07, 6.45) is -14.3. The van der Waals surface area contributed by atoms with Crippen LogP contribution < -0.4 is 41.2 Å². The van der Waals surface area contributed by atoms with Crippen molar-refractivity contribution in [3.05, 3.63) is 83.9 Å². The Kier molecular flexibility index (Phi) is 22.2. The summed E-state index contributed by atoms with van der Waals surface area (Å²) in [6.45, 7) is 3.96. The van der Waals surface area contributed by atoms with Gasteiger partial charge in [-0.15, -0.1) is 0 Å². The Morgan fingerprint density at radius 2 is 1.44 bits per heavy atom. The summed E-state index contributed by atoms with van der Waals surface area (Å²) in [5.41, 5.74) is 6.38. The number of phenolic OH excluding ortho intramolecular Hbond substituents is 1. The first-order valence-electron chi connectivity index (χ1n) is 28.0. The molecule has 3 aliphatic heterocycles. The van der Waals surface area contributed by atoms with Crippen molar-refractivity contribution in [2.24, 2.45) is 11.7 Å². The van der Waals surface area contributed by atoms with E-state index < -0.39 is 199 Å². The average molecular weight is 1250 g/mol. The third-order valence-corrected chi connectivity index (χ3v) is 15.5. The number of rotatable bonds is 18. The minimum Gasteiger partial charge on any atom is -0.504 e. The number of fused-ring (bicyclic) bond motifs is 2. The lowest BCUT2D eigenvalue weighted by Gasteiger charge is -2.34. The number of nitrogens with one attached hydrogen (secondary N) is 5. The number of hydrogen-bond donors (Lipinski definition) is 15. The second-order valence-corrected chi connectivity index (χ2v) is 22.8. The maximum atomic E-state index is 14.7. The van der Waals surface area contributed by atoms with Crippen molar-refractivity contribution in [2.45, 2.75) is 145 Å². The van der Waals surface area contributed by atoms with Crippen LogP contribution in [0.25, 0.3) is 22.6 Å². The van der Waals surface area contributed by atoms with Gasteiger partial charge in [0, 0.05) is 48.2 Å². The average Bonchev–Trinajstić information content (AvgIpc) is 2.88. The largest absolute Gasteiger partial charge is 0.504 e. The fraction of sp³-hybridized carbons (Fsp3) is 0.482. The van der Waals surface area contributed by atoms with Gasteiger partial charge in [-0.25, -0.2) is 0 Å². The Labute approximate surface area is 503 Å². The lowest BCUT2D eigenvalue weighted by Crippen LogP contribution is -2.64. The highest BCUT2D eigenvalue weighted by Gasteiger charge is 2.50. The first-order chi connectivity index (χ1) is 41.5. The molecule has 31 nitrogen and oxygen atoms in total. The van der Waals surface area contributed by atoms with Crippen molar-refractivity contribution in [3.8, 4) is 39.8 Å². The van der Waals surface area contributed by atoms with Gasteiger partial charge in [-0.05, 0) is 80.3 Å². The number of carbonyl (C=O) groups is 8. The zero-order chi connectivity index (χ0) is 64.5. The van der Waals surface area contributed by atoms with E-state index in [2.05, 4.69) is 42.8 Å². The molecule has 3 aromatic carbocycles. The molecule has 32 heteroatoms. The number of amides is 8. The van der Waals surface area contributed by atoms with Crippen molar-refractivity contribution >= 4 is 57.7 Å². The van der Waals surface area contributed by atoms with Gasteiger partial charge >= 0.3 is 10.4 Å². The number of hydrogen-bond acceptors (Lipinski definition) is 22. The minimum atomic E-state index is -5.34. The number of aromatic nitrogens is 1. The first kappa shape index (κ1) is 67.2. The number of phenols is 1. The quantitative estimate of drug-likeness (QED) is 0.0352. The number of carbonyl (C=O) groups excluding carboxylic acids is 8. The standard InChI is InChI=1S/C56H71N9O22S/c1-4-5-6-19-85-33-14-11-29(12-15-33)39-22-35(63-86-39)28-7-9-30(10-8-28)50(75)58-34-16-18-42(71)59-54(79)46-47(72)26(2)24-65(46)56(81)44(38(69)23-41(57)70)61-53(78)45(49(74)48(73)31-13-17-37(68)40(20-31)87-88(82,83)84)62-52(77)36-21-32(67)25-64(36)55(80)43(27(3)66)60-51(34)76/h7-15,17,20,22,26-27,32,34,36,38,42-49,66-69,71-74H,4-6,16,18-19,21,23-25H2,1-3H3,(H2,57,70)(H,58,75)(H,59,79)(H,60,76)(H,61,78)(H,62,77)(H,82,83,84)/t26-,27?,32+,34-,36-,38?,42+,43-,44-,45-,46-,47-,48?,49?/m0/s1. The molecule has 478 valence electrons. The molecule has 4 heterocycles. The monoisotopic (exact) mass is 1250 g/mol. The van der Waals surface area contributed by atoms with E-state index in [-0.39, 0.29) is 5.56 Å². The second-order valence-electron chi connectivity index (χ2n) is 21.8. The third kappa shape index (κ3) is 16.6. The van der Waals surface area contributed by atoms with Crippen LogP contribution in [0.3, 0.4) is 0 Å². The van der Waals surface area contributed by atoms with E-state index >= 15 is 0 Å². The van der Waals surface area contributed by atoms with Crippen LogP contribution in [0.4, 0.5) is 0 Å². The zero-order valence-electron chi connectivity index (χ0n) is 47.7. The number of unbranched alkanes of at least 4 members (excludes halogenated alkanes) is 2. The van der Waals surface area contributed by atoms with Gasteiger partial charge in [0.2, 0.25) is 41.4 Å². The summed E-state index contributed by atoms with van der Waals surface area (Å²) >= 11 is 0. The smallest absolute Gasteiger partial charge is 0.446 e. The summed E-state index contributed by atoms with van der Waals surface area (Å²) in [4.78, 5) is 115. The number of aromatic hydroxyl groups is 1. The van der Waals surface area contributed by atoms with E-state index in [9.17, 15) is 92.2 Å². The highest BCUT2D eigenvalue weighted by atomic mass is 32.3. The molecule has 4 unspecified atom stereocenters. The van der Waals surface area contributed by atoms with E-state index in [1.807, 2.05) is 12.1 Å². The van der Waals surface area contributed by atoms with E-state index in [1.165, 1.54) is 19.1 Å². The Bertz CT molecular complexity index is 3300. The summed E-state index contributed by atoms with van der Waals surface area (Å²) in [7, 11) is -5.34. The van der Waals surface area contributed by atoms with Gasteiger partial charge in [0.25, 0.3) is 5.91 Å². The number of aliphatic hydroxyl groups is 7. The van der Waals surface area contributed by atoms with Crippen molar-refractivity contribution in [1.82, 2.24) is 41.5 Å². The summed E-state index contributed by atoms with van der Waals surface area (Å²) in [6, 6.07) is 4.48. The maximum absolute atomic E-state index is 14.7. The molecule has 7 rings (SSSR count). The molecule has 88 heavy (non-hydrogen) atoms. The third-order valence-electron chi connectivity index (χ3n) is 15.1. The molecule has 4 aromatic rings. The molecular weight excluding hydrogens is 1180 g/mol. The molecule has 0 bridgehead atoms. The van der Waals surface area contributed by atoms with Crippen LogP contribution in [0.2, 0.25) is 0 Å². The van der Waals surface area contributed by atoms with Crippen LogP contribution in [0.1, 0.15) is 87.7 Å². The van der Waals surface area contributed by atoms with Gasteiger partial charge in [-0.2, -0.15) is 8.42 Å². The second kappa shape index (κ2) is 29.1. The Hall–Kier alpha value is -8.34. The number of primary amides is 1. The van der Waals surface area contributed by atoms with Crippen LogP contribution in [-0.2, 0) is 44.0 Å². The van der Waals surface area contributed by atoms with Gasteiger partial charge < -0.3 is 96.4 Å². The van der Waals surface area contributed by atoms with Crippen molar-refractivity contribution in [2.75, 3.05) is 19.7 Å². The van der Waals surface area contributed by atoms with E-state index in [0.29, 0.717) is 50.8 Å². The van der Waals surface area contributed by atoms with Gasteiger partial charge in [-0.1, -0.05) is 50.0 Å². The predicted molar refractivity (Wildman–Crippen MR) is 302 cm³/mol. The number of ether oxygens (including phenoxy) is 1. The summed E-state index contributed by atoms with van der Waals surface area (Å²) in [5, 5.41) is 105. The van der Waals surface area contributed by atoms with Gasteiger partial charge in [0.1, 0.15) is 66.1 Å². The Morgan fingerprint density at radius 3 is 2.09 bits per heavy atom. The van der Waals surface area contributed by atoms with Crippen LogP contribution in [0.15, 0.2) is 77.3 Å². The van der Waals surface area contributed by atoms with Crippen LogP contribution >= 0.6 is 0 Å². The molecule has 0 radical (unpaired) electrons. The molecule has 3 fully saturated rings. The lowest BCUT2D eigenvalue weighted by atomic mass is 9.96. The molecule has 0 aliphatic carbocycles. The fourth-order valence-electron chi connectivity index (χ4n) is 10.3. The Balaban J connectivity index is 1.21. The normalized spacial score (nSPS) is 25.8. The highest BCUT2D eigenvalue weighted by molar-refractivity contribution is 7.81. The SMILES string of the molecule is CCCCCOc1ccc(-c2cc(-c3ccc(C(=O)N[C@H]4CC[C@@H](O)NC(=O)[C@@H]5[C@@H](O)[C@@H](C)CN5C(=O)[C@H](C(O)CC(N)=O)NC(=O)[C@H](C(O)C(O)c5ccc(O)c(OS(=O)(=O)O)c5)NC(=O)[C@@H]5C[C@@H](O)CN5C(=O)[C@H](C(C)O)NC4=O)cc3)no2)cc1. The molecule has 3 saturated heterocycles. The maximum Gasteiger partial charge on any atom is 0.446 e. The molecule has 1 aromatic heterocycles. The topological polar surface area (TPSA) is 490 Å². The van der Waals surface area contributed by atoms with Gasteiger partial charge in [0.15, 0.2) is 17.3 Å². The summed E-state index contributed by atoms with van der Waals surface area (Å²) < 4.78 is 48.1. The number of benzene rings is 3. The van der Waals surface area contributed by atoms with Gasteiger partial charge in [0.05, 0.1) is 37.4 Å². The number of nitrogens with zero attached hydrogens (tertiary/aromatic N) is 3. The molecule has 16 N–H and O–H groups in total. The van der Waals surface area contributed by atoms with Crippen LogP contribution in [0.5, 0.6) is 17.2 Å². The number of aliphatic hydroxyl groups excluding tert-OH is 7. The van der Waals surface area contributed by atoms with E-state index in [1.54, 1.807) is 30.3 Å². The lowest BCUT2D eigenvalue weighted by molar-refractivity contribution is -0.149. The molecule has 0 saturated carbocycles. The first-order valence-corrected chi connectivity index (χ1v) is 29.4. The molecule has 14 atom stereocenters. The summed E-state index contributed by atoms with van der Waals surface area (Å²) in [5.74, 6) is -12.1.